The maximum atomic E-state index is 12.4. The number of carbonyl (C=O) groups excluding carboxylic acids is 1. The molecule has 2 aromatic carbocycles. The van der Waals surface area contributed by atoms with E-state index in [1.807, 2.05) is 49.4 Å². The zero-order chi connectivity index (χ0) is 20.6. The predicted octanol–water partition coefficient (Wildman–Crippen LogP) is 3.60. The summed E-state index contributed by atoms with van der Waals surface area (Å²) in [6, 6.07) is 19.0. The molecule has 0 aliphatic rings. The van der Waals surface area contributed by atoms with Gasteiger partial charge in [0.25, 0.3) is 5.91 Å². The third-order valence-corrected chi connectivity index (χ3v) is 4.46. The van der Waals surface area contributed by atoms with E-state index in [2.05, 4.69) is 20.8 Å². The zero-order valence-electron chi connectivity index (χ0n) is 16.7. The number of benzene rings is 2. The van der Waals surface area contributed by atoms with Crippen molar-refractivity contribution < 1.29 is 14.3 Å². The Kier molecular flexibility index (Phi) is 6.63. The van der Waals surface area contributed by atoms with Crippen LogP contribution in [-0.4, -0.2) is 30.3 Å². The van der Waals surface area contributed by atoms with Gasteiger partial charge in [-0.15, -0.1) is 10.2 Å². The fourth-order valence-electron chi connectivity index (χ4n) is 2.84. The molecule has 3 rings (SSSR count). The maximum Gasteiger partial charge on any atom is 0.272 e. The van der Waals surface area contributed by atoms with E-state index in [9.17, 15) is 4.79 Å². The van der Waals surface area contributed by atoms with Crippen LogP contribution >= 0.6 is 0 Å². The minimum Gasteiger partial charge on any atom is -0.493 e. The first kappa shape index (κ1) is 20.1. The van der Waals surface area contributed by atoms with Gasteiger partial charge in [0.2, 0.25) is 0 Å². The molecule has 0 spiro atoms. The summed E-state index contributed by atoms with van der Waals surface area (Å²) in [6.07, 6.45) is 0. The van der Waals surface area contributed by atoms with Gasteiger partial charge in [0.15, 0.2) is 17.2 Å². The number of amides is 1. The molecule has 0 aliphatic heterocycles. The number of methoxy groups -OCH3 is 2. The first-order valence-electron chi connectivity index (χ1n) is 9.25. The summed E-state index contributed by atoms with van der Waals surface area (Å²) >= 11 is 0. The molecular formula is C22H24N4O3. The first-order valence-corrected chi connectivity index (χ1v) is 9.25. The Bertz CT molecular complexity index is 946. The second-order valence-electron chi connectivity index (χ2n) is 6.45. The van der Waals surface area contributed by atoms with Crippen molar-refractivity contribution in [3.8, 4) is 11.5 Å². The van der Waals surface area contributed by atoms with E-state index in [4.69, 9.17) is 9.47 Å². The molecule has 2 N–H and O–H groups in total. The topological polar surface area (TPSA) is 85.4 Å². The van der Waals surface area contributed by atoms with Crippen LogP contribution in [0, 0.1) is 0 Å². The summed E-state index contributed by atoms with van der Waals surface area (Å²) in [7, 11) is 3.15. The SMILES string of the molecule is COc1ccc(CNC(=O)c2ccc(NC(C)c3ccccc3)nn2)cc1OC. The smallest absolute Gasteiger partial charge is 0.272 e. The Balaban J connectivity index is 1.58. The number of hydrogen-bond acceptors (Lipinski definition) is 6. The molecule has 1 heterocycles. The van der Waals surface area contributed by atoms with Crippen LogP contribution in [0.5, 0.6) is 11.5 Å². The number of nitrogens with zero attached hydrogens (tertiary/aromatic N) is 2. The monoisotopic (exact) mass is 392 g/mol. The van der Waals surface area contributed by atoms with Crippen LogP contribution in [0.4, 0.5) is 5.82 Å². The predicted molar refractivity (Wildman–Crippen MR) is 111 cm³/mol. The second kappa shape index (κ2) is 9.54. The molecule has 0 saturated heterocycles. The fraction of sp³-hybridized carbons (Fsp3) is 0.227. The van der Waals surface area contributed by atoms with Crippen LogP contribution in [0.2, 0.25) is 0 Å². The lowest BCUT2D eigenvalue weighted by Crippen LogP contribution is -2.24. The molecule has 0 fully saturated rings. The fourth-order valence-corrected chi connectivity index (χ4v) is 2.84. The molecule has 0 radical (unpaired) electrons. The van der Waals surface area contributed by atoms with Gasteiger partial charge >= 0.3 is 0 Å². The van der Waals surface area contributed by atoms with Gasteiger partial charge in [-0.05, 0) is 42.3 Å². The molecule has 1 unspecified atom stereocenters. The highest BCUT2D eigenvalue weighted by Crippen LogP contribution is 2.27. The Morgan fingerprint density at radius 1 is 0.966 bits per heavy atom. The summed E-state index contributed by atoms with van der Waals surface area (Å²) in [6.45, 7) is 2.38. The normalized spacial score (nSPS) is 11.4. The average Bonchev–Trinajstić information content (AvgIpc) is 2.78. The molecule has 3 aromatic rings. The minimum atomic E-state index is -0.296. The van der Waals surface area contributed by atoms with Crippen LogP contribution in [0.15, 0.2) is 60.7 Å². The van der Waals surface area contributed by atoms with E-state index in [1.165, 1.54) is 0 Å². The van der Waals surface area contributed by atoms with E-state index in [1.54, 1.807) is 32.4 Å². The van der Waals surface area contributed by atoms with Crippen molar-refractivity contribution in [1.29, 1.82) is 0 Å². The molecule has 1 aromatic heterocycles. The first-order chi connectivity index (χ1) is 14.1. The number of aromatic nitrogens is 2. The lowest BCUT2D eigenvalue weighted by molar-refractivity contribution is 0.0945. The Morgan fingerprint density at radius 2 is 1.72 bits per heavy atom. The highest BCUT2D eigenvalue weighted by molar-refractivity contribution is 5.92. The highest BCUT2D eigenvalue weighted by Gasteiger charge is 2.11. The van der Waals surface area contributed by atoms with Gasteiger partial charge in [-0.2, -0.15) is 0 Å². The van der Waals surface area contributed by atoms with Crippen molar-refractivity contribution in [2.45, 2.75) is 19.5 Å². The zero-order valence-corrected chi connectivity index (χ0v) is 16.7. The van der Waals surface area contributed by atoms with Gasteiger partial charge < -0.3 is 20.1 Å². The molecular weight excluding hydrogens is 368 g/mol. The molecule has 0 aliphatic carbocycles. The highest BCUT2D eigenvalue weighted by atomic mass is 16.5. The number of ether oxygens (including phenoxy) is 2. The molecule has 1 amide bonds. The van der Waals surface area contributed by atoms with E-state index < -0.39 is 0 Å². The van der Waals surface area contributed by atoms with Crippen molar-refractivity contribution in [3.05, 3.63) is 77.5 Å². The maximum absolute atomic E-state index is 12.4. The molecule has 0 bridgehead atoms. The van der Waals surface area contributed by atoms with E-state index in [0.29, 0.717) is 23.9 Å². The third-order valence-electron chi connectivity index (χ3n) is 4.46. The van der Waals surface area contributed by atoms with Crippen LogP contribution in [0.25, 0.3) is 0 Å². The van der Waals surface area contributed by atoms with Gasteiger partial charge in [-0.1, -0.05) is 36.4 Å². The standard InChI is InChI=1S/C22H24N4O3/c1-15(17-7-5-4-6-8-17)24-21-12-10-18(25-26-21)22(27)23-14-16-9-11-19(28-2)20(13-16)29-3/h4-13,15H,14H2,1-3H3,(H,23,27)(H,24,26). The summed E-state index contributed by atoms with van der Waals surface area (Å²) < 4.78 is 10.5. The molecule has 1 atom stereocenters. The summed E-state index contributed by atoms with van der Waals surface area (Å²) in [5.74, 6) is 1.57. The molecule has 7 heteroatoms. The number of rotatable bonds is 8. The lowest BCUT2D eigenvalue weighted by Gasteiger charge is -2.14. The number of nitrogens with one attached hydrogen (secondary N) is 2. The van der Waals surface area contributed by atoms with Crippen molar-refractivity contribution in [2.24, 2.45) is 0 Å². The van der Waals surface area contributed by atoms with Gasteiger partial charge in [0.1, 0.15) is 5.82 Å². The Labute approximate surface area is 170 Å². The van der Waals surface area contributed by atoms with Crippen LogP contribution in [-0.2, 0) is 6.54 Å². The largest absolute Gasteiger partial charge is 0.493 e. The van der Waals surface area contributed by atoms with Crippen molar-refractivity contribution in [3.63, 3.8) is 0 Å². The molecule has 150 valence electrons. The van der Waals surface area contributed by atoms with Gasteiger partial charge in [-0.3, -0.25) is 4.79 Å². The quantitative estimate of drug-likeness (QED) is 0.609. The molecule has 7 nitrogen and oxygen atoms in total. The molecule has 29 heavy (non-hydrogen) atoms. The second-order valence-corrected chi connectivity index (χ2v) is 6.45. The Hall–Kier alpha value is -3.61. The molecule has 0 saturated carbocycles. The average molecular weight is 392 g/mol. The van der Waals surface area contributed by atoms with E-state index >= 15 is 0 Å². The number of carbonyl (C=O) groups is 1. The van der Waals surface area contributed by atoms with Crippen molar-refractivity contribution >= 4 is 11.7 Å². The van der Waals surface area contributed by atoms with Crippen LogP contribution in [0.3, 0.4) is 0 Å². The van der Waals surface area contributed by atoms with Crippen molar-refractivity contribution in [2.75, 3.05) is 19.5 Å². The van der Waals surface area contributed by atoms with Crippen LogP contribution in [0.1, 0.15) is 34.6 Å². The van der Waals surface area contributed by atoms with Crippen molar-refractivity contribution in [1.82, 2.24) is 15.5 Å². The minimum absolute atomic E-state index is 0.0789. The third kappa shape index (κ3) is 5.22. The Morgan fingerprint density at radius 3 is 2.38 bits per heavy atom. The van der Waals surface area contributed by atoms with E-state index in [0.717, 1.165) is 11.1 Å². The summed E-state index contributed by atoms with van der Waals surface area (Å²) in [4.78, 5) is 12.4. The lowest BCUT2D eigenvalue weighted by atomic mass is 10.1. The van der Waals surface area contributed by atoms with E-state index in [-0.39, 0.29) is 17.6 Å². The summed E-state index contributed by atoms with van der Waals surface area (Å²) in [5.41, 5.74) is 2.29. The van der Waals surface area contributed by atoms with Gasteiger partial charge in [-0.25, -0.2) is 0 Å². The number of hydrogen-bond donors (Lipinski definition) is 2. The van der Waals surface area contributed by atoms with Gasteiger partial charge in [0.05, 0.1) is 14.2 Å². The van der Waals surface area contributed by atoms with Crippen LogP contribution < -0.4 is 20.1 Å². The summed E-state index contributed by atoms with van der Waals surface area (Å²) in [5, 5.41) is 14.2. The number of anilines is 1. The van der Waals surface area contributed by atoms with Gasteiger partial charge in [0, 0.05) is 12.6 Å².